The number of para-hydroxylation sites is 2. The number of ether oxygens (including phenoxy) is 1. The molecule has 1 N–H and O–H groups in total. The second kappa shape index (κ2) is 9.69. The molecular formula is C22H26N2O4. The molecule has 0 spiro atoms. The fourth-order valence-electron chi connectivity index (χ4n) is 3.12. The van der Waals surface area contributed by atoms with Crippen molar-refractivity contribution in [2.45, 2.75) is 33.6 Å². The molecule has 0 bridgehead atoms. The van der Waals surface area contributed by atoms with Crippen LogP contribution in [-0.4, -0.2) is 31.4 Å². The van der Waals surface area contributed by atoms with Crippen LogP contribution in [0.3, 0.4) is 0 Å². The zero-order valence-electron chi connectivity index (χ0n) is 16.7. The van der Waals surface area contributed by atoms with Crippen LogP contribution < -0.4 is 10.2 Å². The van der Waals surface area contributed by atoms with Gasteiger partial charge < -0.3 is 15.0 Å². The molecule has 0 fully saturated rings. The second-order valence-electron chi connectivity index (χ2n) is 6.44. The van der Waals surface area contributed by atoms with Crippen LogP contribution in [-0.2, 0) is 20.7 Å². The molecule has 6 nitrogen and oxygen atoms in total. The Morgan fingerprint density at radius 1 is 1.07 bits per heavy atom. The topological polar surface area (TPSA) is 75.7 Å². The molecule has 0 saturated carbocycles. The average molecular weight is 382 g/mol. The smallest absolute Gasteiger partial charge is 0.339 e. The summed E-state index contributed by atoms with van der Waals surface area (Å²) in [4.78, 5) is 38.2. The van der Waals surface area contributed by atoms with Crippen LogP contribution in [0.4, 0.5) is 11.4 Å². The van der Waals surface area contributed by atoms with E-state index in [9.17, 15) is 14.4 Å². The second-order valence-corrected chi connectivity index (χ2v) is 6.44. The number of rotatable bonds is 7. The Hall–Kier alpha value is -3.15. The lowest BCUT2D eigenvalue weighted by Crippen LogP contribution is -2.33. The van der Waals surface area contributed by atoms with Crippen LogP contribution in [0.15, 0.2) is 42.5 Å². The van der Waals surface area contributed by atoms with Gasteiger partial charge in [-0.1, -0.05) is 37.3 Å². The fourth-order valence-corrected chi connectivity index (χ4v) is 3.12. The maximum absolute atomic E-state index is 12.5. The summed E-state index contributed by atoms with van der Waals surface area (Å²) < 4.78 is 4.74. The quantitative estimate of drug-likeness (QED) is 0.741. The summed E-state index contributed by atoms with van der Waals surface area (Å²) in [7, 11) is 1.29. The average Bonchev–Trinajstić information content (AvgIpc) is 2.68. The Balaban J connectivity index is 2.15. The van der Waals surface area contributed by atoms with Crippen LogP contribution in [0.25, 0.3) is 0 Å². The summed E-state index contributed by atoms with van der Waals surface area (Å²) in [5, 5.41) is 2.74. The molecule has 148 valence electrons. The standard InChI is InChI=1S/C22H26N2O4/c1-5-17-10-8-9-15(2)21(17)24(16(3)25)14-13-20(26)23-19-12-7-6-11-18(19)22(27)28-4/h6-12H,5,13-14H2,1-4H3,(H,23,26). The van der Waals surface area contributed by atoms with E-state index in [1.54, 1.807) is 29.2 Å². The molecule has 0 unspecified atom stereocenters. The first-order chi connectivity index (χ1) is 13.4. The van der Waals surface area contributed by atoms with Crippen LogP contribution >= 0.6 is 0 Å². The van der Waals surface area contributed by atoms with E-state index in [1.165, 1.54) is 14.0 Å². The van der Waals surface area contributed by atoms with Crippen molar-refractivity contribution in [2.75, 3.05) is 23.9 Å². The SMILES string of the molecule is CCc1cccc(C)c1N(CCC(=O)Nc1ccccc1C(=O)OC)C(C)=O. The number of anilines is 2. The molecular weight excluding hydrogens is 356 g/mol. The predicted octanol–water partition coefficient (Wildman–Crippen LogP) is 3.73. The van der Waals surface area contributed by atoms with Gasteiger partial charge in [-0.2, -0.15) is 0 Å². The van der Waals surface area contributed by atoms with E-state index in [0.717, 1.165) is 23.2 Å². The molecule has 0 atom stereocenters. The lowest BCUT2D eigenvalue weighted by Gasteiger charge is -2.25. The summed E-state index contributed by atoms with van der Waals surface area (Å²) in [6.07, 6.45) is 0.895. The highest BCUT2D eigenvalue weighted by molar-refractivity contribution is 6.01. The highest BCUT2D eigenvalue weighted by Gasteiger charge is 2.19. The van der Waals surface area contributed by atoms with E-state index in [2.05, 4.69) is 5.32 Å². The first-order valence-corrected chi connectivity index (χ1v) is 9.22. The van der Waals surface area contributed by atoms with Crippen molar-refractivity contribution in [2.24, 2.45) is 0 Å². The molecule has 0 heterocycles. The van der Waals surface area contributed by atoms with Crippen LogP contribution in [0.2, 0.25) is 0 Å². The normalized spacial score (nSPS) is 10.3. The van der Waals surface area contributed by atoms with Gasteiger partial charge >= 0.3 is 5.97 Å². The molecule has 0 aliphatic rings. The lowest BCUT2D eigenvalue weighted by molar-refractivity contribution is -0.117. The number of nitrogens with one attached hydrogen (secondary N) is 1. The molecule has 2 rings (SSSR count). The van der Waals surface area contributed by atoms with Crippen molar-refractivity contribution >= 4 is 29.2 Å². The van der Waals surface area contributed by atoms with Gasteiger partial charge in [0.2, 0.25) is 11.8 Å². The van der Waals surface area contributed by atoms with Crippen LogP contribution in [0, 0.1) is 6.92 Å². The minimum absolute atomic E-state index is 0.104. The molecule has 0 saturated heterocycles. The molecule has 2 aromatic rings. The number of aryl methyl sites for hydroxylation is 2. The minimum atomic E-state index is -0.520. The van der Waals surface area contributed by atoms with Crippen molar-refractivity contribution in [3.63, 3.8) is 0 Å². The summed E-state index contributed by atoms with van der Waals surface area (Å²) in [5.41, 5.74) is 3.59. The monoisotopic (exact) mass is 382 g/mol. The van der Waals surface area contributed by atoms with Gasteiger partial charge in [-0.3, -0.25) is 9.59 Å². The number of amides is 2. The lowest BCUT2D eigenvalue weighted by atomic mass is 10.0. The number of methoxy groups -OCH3 is 1. The van der Waals surface area contributed by atoms with Gasteiger partial charge in [-0.25, -0.2) is 4.79 Å². The van der Waals surface area contributed by atoms with Crippen molar-refractivity contribution < 1.29 is 19.1 Å². The molecule has 6 heteroatoms. The number of carbonyl (C=O) groups is 3. The van der Waals surface area contributed by atoms with Crippen molar-refractivity contribution in [3.05, 3.63) is 59.2 Å². The highest BCUT2D eigenvalue weighted by atomic mass is 16.5. The van der Waals surface area contributed by atoms with Gasteiger partial charge in [-0.15, -0.1) is 0 Å². The van der Waals surface area contributed by atoms with E-state index in [0.29, 0.717) is 5.69 Å². The first kappa shape index (κ1) is 21.2. The number of esters is 1. The van der Waals surface area contributed by atoms with Gasteiger partial charge in [0.25, 0.3) is 0 Å². The Labute approximate surface area is 165 Å². The predicted molar refractivity (Wildman–Crippen MR) is 110 cm³/mol. The van der Waals surface area contributed by atoms with Gasteiger partial charge in [0, 0.05) is 25.6 Å². The zero-order chi connectivity index (χ0) is 20.7. The van der Waals surface area contributed by atoms with Gasteiger partial charge in [-0.05, 0) is 36.6 Å². The Morgan fingerprint density at radius 3 is 2.43 bits per heavy atom. The number of carbonyl (C=O) groups excluding carboxylic acids is 3. The molecule has 0 aliphatic carbocycles. The number of benzene rings is 2. The molecule has 0 radical (unpaired) electrons. The van der Waals surface area contributed by atoms with Crippen molar-refractivity contribution in [1.29, 1.82) is 0 Å². The molecule has 0 aromatic heterocycles. The van der Waals surface area contributed by atoms with Crippen molar-refractivity contribution in [1.82, 2.24) is 0 Å². The summed E-state index contributed by atoms with van der Waals surface area (Å²) in [6.45, 7) is 5.74. The van der Waals surface area contributed by atoms with Gasteiger partial charge in [0.05, 0.1) is 18.4 Å². The van der Waals surface area contributed by atoms with Crippen molar-refractivity contribution in [3.8, 4) is 0 Å². The molecule has 0 aliphatic heterocycles. The van der Waals surface area contributed by atoms with E-state index >= 15 is 0 Å². The third-order valence-corrected chi connectivity index (χ3v) is 4.52. The van der Waals surface area contributed by atoms with E-state index in [4.69, 9.17) is 4.74 Å². The van der Waals surface area contributed by atoms with E-state index in [1.807, 2.05) is 32.0 Å². The van der Waals surface area contributed by atoms with E-state index in [-0.39, 0.29) is 30.3 Å². The third-order valence-electron chi connectivity index (χ3n) is 4.52. The van der Waals surface area contributed by atoms with Crippen LogP contribution in [0.5, 0.6) is 0 Å². The Bertz CT molecular complexity index is 877. The minimum Gasteiger partial charge on any atom is -0.465 e. The molecule has 2 aromatic carbocycles. The Kier molecular flexibility index (Phi) is 7.32. The number of nitrogens with zero attached hydrogens (tertiary/aromatic N) is 1. The number of hydrogen-bond acceptors (Lipinski definition) is 4. The maximum Gasteiger partial charge on any atom is 0.339 e. The summed E-state index contributed by atoms with van der Waals surface area (Å²) in [6, 6.07) is 12.6. The highest BCUT2D eigenvalue weighted by Crippen LogP contribution is 2.26. The largest absolute Gasteiger partial charge is 0.465 e. The van der Waals surface area contributed by atoms with Gasteiger partial charge in [0.1, 0.15) is 0 Å². The maximum atomic E-state index is 12.5. The van der Waals surface area contributed by atoms with Crippen LogP contribution in [0.1, 0.15) is 41.8 Å². The van der Waals surface area contributed by atoms with E-state index < -0.39 is 5.97 Å². The van der Waals surface area contributed by atoms with Gasteiger partial charge in [0.15, 0.2) is 0 Å². The number of hydrogen-bond donors (Lipinski definition) is 1. The molecule has 28 heavy (non-hydrogen) atoms. The molecule has 2 amide bonds. The third kappa shape index (κ3) is 4.97. The first-order valence-electron chi connectivity index (χ1n) is 9.22. The Morgan fingerprint density at radius 2 is 1.79 bits per heavy atom. The summed E-state index contributed by atoms with van der Waals surface area (Å²) >= 11 is 0. The fraction of sp³-hybridized carbons (Fsp3) is 0.318. The summed E-state index contributed by atoms with van der Waals surface area (Å²) in [5.74, 6) is -0.922. The zero-order valence-corrected chi connectivity index (χ0v) is 16.7.